The lowest BCUT2D eigenvalue weighted by molar-refractivity contribution is 0.118. The number of hydrogen-bond donors (Lipinski definition) is 1. The molecular weight excluding hydrogens is 522 g/mol. The Balaban J connectivity index is 1.13. The highest BCUT2D eigenvalue weighted by Crippen LogP contribution is 2.35. The number of rotatable bonds is 9. The van der Waals surface area contributed by atoms with Gasteiger partial charge in [-0.1, -0.05) is 18.2 Å². The average Bonchev–Trinajstić information content (AvgIpc) is 3.39. The third kappa shape index (κ3) is 6.09. The largest absolute Gasteiger partial charge is 0.457 e. The SMILES string of the molecule is Nc1ncnc2c1c(-c1ccc(Oc3ccccc3)cc1)nn2C1CCN(CC2CCN(CCCCl)CC2)CC1. The number of ether oxygens (including phenoxy) is 1. The van der Waals surface area contributed by atoms with Crippen LogP contribution in [0.4, 0.5) is 5.82 Å². The van der Waals surface area contributed by atoms with Gasteiger partial charge < -0.3 is 20.3 Å². The van der Waals surface area contributed by atoms with E-state index in [4.69, 9.17) is 27.2 Å². The Hall–Kier alpha value is -3.20. The molecule has 2 aromatic heterocycles. The van der Waals surface area contributed by atoms with E-state index >= 15 is 0 Å². The molecule has 210 valence electrons. The Bertz CT molecular complexity index is 1380. The van der Waals surface area contributed by atoms with Crippen LogP contribution in [0, 0.1) is 5.92 Å². The zero-order valence-corrected chi connectivity index (χ0v) is 23.7. The van der Waals surface area contributed by atoms with E-state index < -0.39 is 0 Å². The predicted molar refractivity (Wildman–Crippen MR) is 161 cm³/mol. The van der Waals surface area contributed by atoms with Crippen molar-refractivity contribution in [3.05, 3.63) is 60.9 Å². The number of nitrogen functional groups attached to an aromatic ring is 1. The van der Waals surface area contributed by atoms with Gasteiger partial charge in [0.05, 0.1) is 11.4 Å². The van der Waals surface area contributed by atoms with Crippen LogP contribution in [0.2, 0.25) is 0 Å². The summed E-state index contributed by atoms with van der Waals surface area (Å²) in [4.78, 5) is 14.2. The molecule has 6 rings (SSSR count). The summed E-state index contributed by atoms with van der Waals surface area (Å²) in [5.41, 5.74) is 8.99. The van der Waals surface area contributed by atoms with Gasteiger partial charge in [0, 0.05) is 31.1 Å². The Morgan fingerprint density at radius 1 is 0.850 bits per heavy atom. The number of alkyl halides is 1. The van der Waals surface area contributed by atoms with E-state index in [1.54, 1.807) is 6.33 Å². The van der Waals surface area contributed by atoms with Crippen LogP contribution in [0.1, 0.15) is 38.1 Å². The number of para-hydroxylation sites is 1. The molecule has 40 heavy (non-hydrogen) atoms. The number of hydrogen-bond acceptors (Lipinski definition) is 7. The van der Waals surface area contributed by atoms with Crippen LogP contribution in [0.15, 0.2) is 60.9 Å². The number of nitrogens with zero attached hydrogens (tertiary/aromatic N) is 6. The number of likely N-dealkylation sites (tertiary alicyclic amines) is 2. The fourth-order valence-corrected chi connectivity index (χ4v) is 6.26. The van der Waals surface area contributed by atoms with Gasteiger partial charge in [-0.2, -0.15) is 5.10 Å². The van der Waals surface area contributed by atoms with Gasteiger partial charge in [-0.05, 0) is 94.1 Å². The lowest BCUT2D eigenvalue weighted by atomic mass is 9.94. The minimum Gasteiger partial charge on any atom is -0.457 e. The quantitative estimate of drug-likeness (QED) is 0.258. The van der Waals surface area contributed by atoms with Crippen molar-refractivity contribution in [2.75, 3.05) is 50.9 Å². The number of anilines is 1. The third-order valence-corrected chi connectivity index (χ3v) is 8.63. The van der Waals surface area contributed by atoms with Crippen molar-refractivity contribution in [1.29, 1.82) is 0 Å². The lowest BCUT2D eigenvalue weighted by Crippen LogP contribution is -2.42. The number of nitrogens with two attached hydrogens (primary N) is 1. The second-order valence-corrected chi connectivity index (χ2v) is 11.4. The smallest absolute Gasteiger partial charge is 0.164 e. The summed E-state index contributed by atoms with van der Waals surface area (Å²) in [5.74, 6) is 3.60. The molecular formula is C31H38ClN7O. The summed E-state index contributed by atoms with van der Waals surface area (Å²) >= 11 is 5.88. The van der Waals surface area contributed by atoms with Gasteiger partial charge in [0.15, 0.2) is 5.65 Å². The molecule has 2 fully saturated rings. The van der Waals surface area contributed by atoms with Gasteiger partial charge in [0.2, 0.25) is 0 Å². The number of aromatic nitrogens is 4. The van der Waals surface area contributed by atoms with Crippen molar-refractivity contribution in [2.24, 2.45) is 5.92 Å². The number of fused-ring (bicyclic) bond motifs is 1. The highest BCUT2D eigenvalue weighted by atomic mass is 35.5. The zero-order valence-electron chi connectivity index (χ0n) is 23.0. The second kappa shape index (κ2) is 12.5. The van der Waals surface area contributed by atoms with Gasteiger partial charge in [-0.25, -0.2) is 14.6 Å². The highest BCUT2D eigenvalue weighted by molar-refractivity contribution is 6.17. The molecule has 2 aromatic carbocycles. The van der Waals surface area contributed by atoms with E-state index in [2.05, 4.69) is 24.4 Å². The normalized spacial score (nSPS) is 17.9. The van der Waals surface area contributed by atoms with Crippen molar-refractivity contribution in [3.8, 4) is 22.8 Å². The fourth-order valence-electron chi connectivity index (χ4n) is 6.15. The Morgan fingerprint density at radius 3 is 2.27 bits per heavy atom. The van der Waals surface area contributed by atoms with Gasteiger partial charge in [0.25, 0.3) is 0 Å². The maximum absolute atomic E-state index is 6.38. The molecule has 0 saturated carbocycles. The van der Waals surface area contributed by atoms with Crippen LogP contribution in [0.3, 0.4) is 0 Å². The molecule has 0 amide bonds. The van der Waals surface area contributed by atoms with E-state index in [-0.39, 0.29) is 0 Å². The predicted octanol–water partition coefficient (Wildman–Crippen LogP) is 5.85. The van der Waals surface area contributed by atoms with Crippen LogP contribution in [0.5, 0.6) is 11.5 Å². The molecule has 0 radical (unpaired) electrons. The maximum Gasteiger partial charge on any atom is 0.164 e. The van der Waals surface area contributed by atoms with E-state index in [0.717, 1.165) is 84.5 Å². The molecule has 0 aliphatic carbocycles. The van der Waals surface area contributed by atoms with Crippen molar-refractivity contribution >= 4 is 28.5 Å². The first-order chi connectivity index (χ1) is 19.7. The third-order valence-electron chi connectivity index (χ3n) is 8.36. The molecule has 9 heteroatoms. The molecule has 4 aromatic rings. The first kappa shape index (κ1) is 27.0. The number of halogens is 1. The van der Waals surface area contributed by atoms with Gasteiger partial charge >= 0.3 is 0 Å². The molecule has 2 saturated heterocycles. The molecule has 0 unspecified atom stereocenters. The monoisotopic (exact) mass is 559 g/mol. The number of benzene rings is 2. The van der Waals surface area contributed by atoms with Crippen LogP contribution in [-0.2, 0) is 0 Å². The summed E-state index contributed by atoms with van der Waals surface area (Å²) < 4.78 is 8.08. The molecule has 8 nitrogen and oxygen atoms in total. The minimum atomic E-state index is 0.292. The van der Waals surface area contributed by atoms with Crippen molar-refractivity contribution in [1.82, 2.24) is 29.5 Å². The number of piperidine rings is 2. The summed E-state index contributed by atoms with van der Waals surface area (Å²) in [6.45, 7) is 6.93. The summed E-state index contributed by atoms with van der Waals surface area (Å²) in [7, 11) is 0. The Morgan fingerprint density at radius 2 is 1.55 bits per heavy atom. The summed E-state index contributed by atoms with van der Waals surface area (Å²) in [5, 5.41) is 5.91. The van der Waals surface area contributed by atoms with E-state index in [9.17, 15) is 0 Å². The van der Waals surface area contributed by atoms with Crippen molar-refractivity contribution in [2.45, 2.75) is 38.1 Å². The van der Waals surface area contributed by atoms with Crippen LogP contribution < -0.4 is 10.5 Å². The van der Waals surface area contributed by atoms with Gasteiger partial charge in [-0.3, -0.25) is 0 Å². The molecule has 2 aliphatic rings. The minimum absolute atomic E-state index is 0.292. The van der Waals surface area contributed by atoms with Crippen molar-refractivity contribution < 1.29 is 4.74 Å². The maximum atomic E-state index is 6.38. The highest BCUT2D eigenvalue weighted by Gasteiger charge is 2.28. The first-order valence-electron chi connectivity index (χ1n) is 14.5. The lowest BCUT2D eigenvalue weighted by Gasteiger charge is -2.37. The first-order valence-corrected chi connectivity index (χ1v) is 15.0. The molecule has 4 heterocycles. The zero-order chi connectivity index (χ0) is 27.3. The summed E-state index contributed by atoms with van der Waals surface area (Å²) in [6.07, 6.45) is 7.33. The Labute approximate surface area is 241 Å². The second-order valence-electron chi connectivity index (χ2n) is 11.0. The van der Waals surface area contributed by atoms with Crippen LogP contribution in [0.25, 0.3) is 22.3 Å². The standard InChI is InChI=1S/C31H38ClN7O/c32-15-4-16-37-17-11-23(12-18-37)21-38-19-13-25(14-20-38)39-31-28(30(33)34-22-35-31)29(36-39)24-7-9-27(10-8-24)40-26-5-2-1-3-6-26/h1-3,5-10,22-23,25H,4,11-21H2,(H2,33,34,35). The summed E-state index contributed by atoms with van der Waals surface area (Å²) in [6, 6.07) is 18.1. The van der Waals surface area contributed by atoms with Crippen LogP contribution >= 0.6 is 11.6 Å². The molecule has 0 bridgehead atoms. The van der Waals surface area contributed by atoms with Gasteiger partial charge in [-0.15, -0.1) is 11.6 Å². The molecule has 2 aliphatic heterocycles. The van der Waals surface area contributed by atoms with E-state index in [1.165, 1.54) is 32.5 Å². The fraction of sp³-hybridized carbons (Fsp3) is 0.452. The van der Waals surface area contributed by atoms with Crippen molar-refractivity contribution in [3.63, 3.8) is 0 Å². The molecule has 0 atom stereocenters. The topological polar surface area (TPSA) is 85.3 Å². The van der Waals surface area contributed by atoms with Gasteiger partial charge in [0.1, 0.15) is 29.3 Å². The molecule has 2 N–H and O–H groups in total. The molecule has 0 spiro atoms. The van der Waals surface area contributed by atoms with E-state index in [0.29, 0.717) is 11.9 Å². The average molecular weight is 560 g/mol. The Kier molecular flexibility index (Phi) is 8.46. The van der Waals surface area contributed by atoms with E-state index in [1.807, 2.05) is 54.6 Å². The van der Waals surface area contributed by atoms with Crippen LogP contribution in [-0.4, -0.2) is 74.7 Å².